The van der Waals surface area contributed by atoms with E-state index < -0.39 is 10.9 Å². The van der Waals surface area contributed by atoms with Gasteiger partial charge in [-0.15, -0.1) is 0 Å². The van der Waals surface area contributed by atoms with Crippen molar-refractivity contribution in [3.63, 3.8) is 0 Å². The van der Waals surface area contributed by atoms with Crippen molar-refractivity contribution in [2.75, 3.05) is 85.1 Å². The molecule has 11 nitrogen and oxygen atoms in total. The molecule has 0 radical (unpaired) electrons. The summed E-state index contributed by atoms with van der Waals surface area (Å²) in [4.78, 5) is 25.0. The molecule has 11 heteroatoms. The third kappa shape index (κ3) is 8.80. The van der Waals surface area contributed by atoms with E-state index in [-0.39, 0.29) is 11.3 Å². The number of nitrogens with zero attached hydrogens (tertiary/aromatic N) is 2. The Kier molecular flexibility index (Phi) is 12.0. The highest BCUT2D eigenvalue weighted by atomic mass is 16.6. The lowest BCUT2D eigenvalue weighted by Crippen LogP contribution is -2.31. The Labute approximate surface area is 222 Å². The Hall–Kier alpha value is -3.51. The molecular formula is C27H34N2O9. The molecule has 206 valence electrons. The normalized spacial score (nSPS) is 15.7. The predicted octanol–water partition coefficient (Wildman–Crippen LogP) is 3.45. The summed E-state index contributed by atoms with van der Waals surface area (Å²) in [6.07, 6.45) is 3.39. The van der Waals surface area contributed by atoms with Gasteiger partial charge < -0.3 is 33.3 Å². The van der Waals surface area contributed by atoms with Crippen LogP contribution < -0.4 is 9.64 Å². The summed E-state index contributed by atoms with van der Waals surface area (Å²) in [6.45, 7) is 5.00. The average molecular weight is 531 g/mol. The molecule has 0 aromatic heterocycles. The number of esters is 1. The Balaban J connectivity index is 1.88. The van der Waals surface area contributed by atoms with Crippen LogP contribution in [0, 0.1) is 10.1 Å². The maximum Gasteiger partial charge on any atom is 0.338 e. The number of carbonyl (C=O) groups excluding carboxylic acids is 1. The van der Waals surface area contributed by atoms with Crippen LogP contribution >= 0.6 is 0 Å². The number of hydrogen-bond donors (Lipinski definition) is 0. The van der Waals surface area contributed by atoms with Crippen molar-refractivity contribution in [1.29, 1.82) is 0 Å². The first-order chi connectivity index (χ1) is 18.5. The van der Waals surface area contributed by atoms with Crippen molar-refractivity contribution in [2.24, 2.45) is 0 Å². The number of methoxy groups -OCH3 is 2. The van der Waals surface area contributed by atoms with Gasteiger partial charge in [0.15, 0.2) is 0 Å². The molecule has 0 unspecified atom stereocenters. The van der Waals surface area contributed by atoms with Crippen LogP contribution in [-0.4, -0.2) is 91.1 Å². The summed E-state index contributed by atoms with van der Waals surface area (Å²) in [5, 5.41) is 11.6. The van der Waals surface area contributed by atoms with Gasteiger partial charge in [0.1, 0.15) is 12.4 Å². The number of rotatable bonds is 7. The molecule has 0 fully saturated rings. The highest BCUT2D eigenvalue weighted by molar-refractivity contribution is 5.91. The van der Waals surface area contributed by atoms with E-state index in [4.69, 9.17) is 23.7 Å². The maximum absolute atomic E-state index is 11.8. The van der Waals surface area contributed by atoms with Gasteiger partial charge in [-0.25, -0.2) is 4.79 Å². The molecule has 0 spiro atoms. The third-order valence-electron chi connectivity index (χ3n) is 5.73. The van der Waals surface area contributed by atoms with Crippen LogP contribution in [0.4, 0.5) is 11.4 Å². The third-order valence-corrected chi connectivity index (χ3v) is 5.73. The zero-order valence-electron chi connectivity index (χ0n) is 21.8. The quantitative estimate of drug-likeness (QED) is 0.228. The molecule has 38 heavy (non-hydrogen) atoms. The molecule has 1 aliphatic heterocycles. The summed E-state index contributed by atoms with van der Waals surface area (Å²) >= 11 is 0. The van der Waals surface area contributed by atoms with E-state index in [0.29, 0.717) is 77.3 Å². The Morgan fingerprint density at radius 3 is 2.37 bits per heavy atom. The molecule has 0 saturated heterocycles. The van der Waals surface area contributed by atoms with Crippen molar-refractivity contribution in [2.45, 2.75) is 0 Å². The monoisotopic (exact) mass is 530 g/mol. The van der Waals surface area contributed by atoms with Gasteiger partial charge in [-0.1, -0.05) is 12.1 Å². The SMILES string of the molecule is COCCN1CCOCCOCCOCCOc2cc(C=Cc3ccc(C(=O)OC)cc3[N+](=O)[O-])ccc21. The minimum atomic E-state index is -0.637. The molecule has 1 heterocycles. The summed E-state index contributed by atoms with van der Waals surface area (Å²) in [7, 11) is 2.88. The lowest BCUT2D eigenvalue weighted by Gasteiger charge is -2.27. The fraction of sp³-hybridized carbons (Fsp3) is 0.444. The van der Waals surface area contributed by atoms with Gasteiger partial charge in [-0.2, -0.15) is 0 Å². The lowest BCUT2D eigenvalue weighted by molar-refractivity contribution is -0.385. The van der Waals surface area contributed by atoms with Crippen LogP contribution in [0.1, 0.15) is 21.5 Å². The van der Waals surface area contributed by atoms with Crippen molar-refractivity contribution >= 4 is 29.5 Å². The molecular weight excluding hydrogens is 496 g/mol. The predicted molar refractivity (Wildman–Crippen MR) is 142 cm³/mol. The molecule has 0 aliphatic carbocycles. The highest BCUT2D eigenvalue weighted by Crippen LogP contribution is 2.31. The number of carbonyl (C=O) groups is 1. The molecule has 2 aromatic rings. The fourth-order valence-corrected chi connectivity index (χ4v) is 3.77. The number of fused-ring (bicyclic) bond motifs is 1. The second-order valence-electron chi connectivity index (χ2n) is 8.25. The van der Waals surface area contributed by atoms with Crippen LogP contribution in [0.15, 0.2) is 36.4 Å². The Morgan fingerprint density at radius 2 is 1.68 bits per heavy atom. The van der Waals surface area contributed by atoms with Crippen LogP contribution in [0.25, 0.3) is 12.2 Å². The van der Waals surface area contributed by atoms with Gasteiger partial charge in [-0.05, 0) is 35.9 Å². The number of hydrogen-bond acceptors (Lipinski definition) is 10. The van der Waals surface area contributed by atoms with Crippen molar-refractivity contribution < 1.29 is 38.1 Å². The first-order valence-electron chi connectivity index (χ1n) is 12.3. The van der Waals surface area contributed by atoms with E-state index in [2.05, 4.69) is 9.64 Å². The largest absolute Gasteiger partial charge is 0.489 e. The summed E-state index contributed by atoms with van der Waals surface area (Å²) in [5.41, 5.74) is 1.93. The van der Waals surface area contributed by atoms with Crippen molar-refractivity contribution in [3.8, 4) is 5.75 Å². The number of benzene rings is 2. The van der Waals surface area contributed by atoms with Gasteiger partial charge in [0.2, 0.25) is 0 Å². The molecule has 0 N–H and O–H groups in total. The van der Waals surface area contributed by atoms with Crippen LogP contribution in [0.2, 0.25) is 0 Å². The number of nitro groups is 1. The Bertz CT molecular complexity index is 1090. The summed E-state index contributed by atoms with van der Waals surface area (Å²) in [5.74, 6) is 0.0102. The second-order valence-corrected chi connectivity index (χ2v) is 8.25. The molecule has 0 saturated carbocycles. The molecule has 0 atom stereocenters. The Morgan fingerprint density at radius 1 is 0.974 bits per heavy atom. The number of anilines is 1. The van der Waals surface area contributed by atoms with E-state index >= 15 is 0 Å². The van der Waals surface area contributed by atoms with E-state index in [1.165, 1.54) is 25.3 Å². The second kappa shape index (κ2) is 15.7. The lowest BCUT2D eigenvalue weighted by atomic mass is 10.1. The summed E-state index contributed by atoms with van der Waals surface area (Å²) in [6, 6.07) is 9.96. The van der Waals surface area contributed by atoms with E-state index in [0.717, 1.165) is 11.3 Å². The zero-order valence-corrected chi connectivity index (χ0v) is 21.8. The van der Waals surface area contributed by atoms with E-state index in [1.807, 2.05) is 18.2 Å². The van der Waals surface area contributed by atoms with Crippen LogP contribution in [-0.2, 0) is 23.7 Å². The van der Waals surface area contributed by atoms with Crippen molar-refractivity contribution in [3.05, 3.63) is 63.2 Å². The van der Waals surface area contributed by atoms with Gasteiger partial charge in [0.05, 0.1) is 75.1 Å². The summed E-state index contributed by atoms with van der Waals surface area (Å²) < 4.78 is 32.9. The molecule has 1 aliphatic rings. The number of nitro benzene ring substituents is 1. The average Bonchev–Trinajstić information content (AvgIpc) is 2.94. The van der Waals surface area contributed by atoms with Gasteiger partial charge in [0, 0.05) is 26.3 Å². The molecule has 0 amide bonds. The maximum atomic E-state index is 11.8. The number of ether oxygens (including phenoxy) is 6. The van der Waals surface area contributed by atoms with Crippen LogP contribution in [0.5, 0.6) is 5.75 Å². The van der Waals surface area contributed by atoms with Gasteiger partial charge >= 0.3 is 5.97 Å². The first-order valence-corrected chi connectivity index (χ1v) is 12.3. The van der Waals surface area contributed by atoms with Gasteiger partial charge in [0.25, 0.3) is 5.69 Å². The highest BCUT2D eigenvalue weighted by Gasteiger charge is 2.17. The fourth-order valence-electron chi connectivity index (χ4n) is 3.77. The zero-order chi connectivity index (χ0) is 27.2. The molecule has 2 aromatic carbocycles. The first kappa shape index (κ1) is 29.1. The van der Waals surface area contributed by atoms with Crippen LogP contribution in [0.3, 0.4) is 0 Å². The van der Waals surface area contributed by atoms with Gasteiger partial charge in [-0.3, -0.25) is 10.1 Å². The standard InChI is InChI=1S/C27H34N2O9/c1-33-11-9-28-10-12-35-13-14-36-15-16-37-17-18-38-26-19-21(4-8-24(26)28)3-5-22-6-7-23(27(30)34-2)20-25(22)29(31)32/h3-8,19-20H,9-18H2,1-2H3. The smallest absolute Gasteiger partial charge is 0.338 e. The minimum absolute atomic E-state index is 0.112. The van der Waals surface area contributed by atoms with E-state index in [1.54, 1.807) is 19.3 Å². The van der Waals surface area contributed by atoms with E-state index in [9.17, 15) is 14.9 Å². The topological polar surface area (TPSA) is 119 Å². The molecule has 3 rings (SSSR count). The minimum Gasteiger partial charge on any atom is -0.489 e. The van der Waals surface area contributed by atoms with Crippen molar-refractivity contribution in [1.82, 2.24) is 0 Å². The molecule has 0 bridgehead atoms.